The van der Waals surface area contributed by atoms with Crippen molar-refractivity contribution < 1.29 is 0 Å². The third-order valence-corrected chi connectivity index (χ3v) is 7.43. The normalized spacial score (nSPS) is 18.2. The molecule has 1 aliphatic rings. The third kappa shape index (κ3) is 3.30. The molecule has 1 heterocycles. The van der Waals surface area contributed by atoms with Crippen molar-refractivity contribution in [1.29, 1.82) is 0 Å². The summed E-state index contributed by atoms with van der Waals surface area (Å²) in [6.45, 7) is 0. The minimum Gasteiger partial charge on any atom is -0.377 e. The van der Waals surface area contributed by atoms with Crippen LogP contribution in [0.25, 0.3) is 21.5 Å². The molecule has 0 radical (unpaired) electrons. The molecule has 0 saturated heterocycles. The number of hydrogen-bond acceptors (Lipinski definition) is 1. The molecule has 0 spiro atoms. The highest BCUT2D eigenvalue weighted by Crippen LogP contribution is 2.46. The summed E-state index contributed by atoms with van der Waals surface area (Å²) < 4.78 is 1.11. The third-order valence-electron chi connectivity index (χ3n) is 6.90. The molecule has 2 atom stereocenters. The van der Waals surface area contributed by atoms with E-state index in [0.717, 1.165) is 17.3 Å². The average molecular weight is 478 g/mol. The second kappa shape index (κ2) is 8.11. The van der Waals surface area contributed by atoms with Crippen LogP contribution in [-0.2, 0) is 6.42 Å². The summed E-state index contributed by atoms with van der Waals surface area (Å²) in [6, 6.07) is 37.8. The number of nitrogens with one attached hydrogen (secondary N) is 1. The number of anilines is 1. The van der Waals surface area contributed by atoms with Crippen molar-refractivity contribution in [3.8, 4) is 0 Å². The minimum atomic E-state index is 0.205. The van der Waals surface area contributed by atoms with Crippen molar-refractivity contribution in [1.82, 2.24) is 0 Å². The fourth-order valence-corrected chi connectivity index (χ4v) is 5.67. The highest BCUT2D eigenvalue weighted by molar-refractivity contribution is 9.10. The van der Waals surface area contributed by atoms with Gasteiger partial charge in [-0.15, -0.1) is 0 Å². The molecule has 0 saturated carbocycles. The van der Waals surface area contributed by atoms with E-state index in [4.69, 9.17) is 0 Å². The van der Waals surface area contributed by atoms with Crippen molar-refractivity contribution in [2.75, 3.05) is 5.32 Å². The standard InChI is InChI=1S/C30H24BrN/c31-22-16-14-21(15-17-22)29-23(20-8-2-1-3-9-20)18-19-28-26-12-5-4-10-24(26)25-11-6-7-13-27(25)30(28)32-29/h1-17,23,29,32H,18-19H2. The Kier molecular flexibility index (Phi) is 4.96. The van der Waals surface area contributed by atoms with Gasteiger partial charge in [0.25, 0.3) is 0 Å². The molecule has 0 aliphatic carbocycles. The largest absolute Gasteiger partial charge is 0.377 e. The number of hydrogen-bond donors (Lipinski definition) is 1. The maximum atomic E-state index is 4.06. The van der Waals surface area contributed by atoms with Crippen LogP contribution in [0.2, 0.25) is 0 Å². The van der Waals surface area contributed by atoms with Crippen LogP contribution < -0.4 is 5.32 Å². The fourth-order valence-electron chi connectivity index (χ4n) is 5.41. The topological polar surface area (TPSA) is 12.0 Å². The molecular weight excluding hydrogens is 454 g/mol. The molecule has 0 fully saturated rings. The van der Waals surface area contributed by atoms with E-state index < -0.39 is 0 Å². The lowest BCUT2D eigenvalue weighted by molar-refractivity contribution is 0.558. The minimum absolute atomic E-state index is 0.205. The molecule has 5 aromatic carbocycles. The summed E-state index contributed by atoms with van der Waals surface area (Å²) in [5.74, 6) is 0.391. The Balaban J connectivity index is 1.60. The lowest BCUT2D eigenvalue weighted by Crippen LogP contribution is -2.18. The van der Waals surface area contributed by atoms with Crippen molar-refractivity contribution in [3.05, 3.63) is 124 Å². The molecule has 1 N–H and O–H groups in total. The number of fused-ring (bicyclic) bond motifs is 6. The van der Waals surface area contributed by atoms with Gasteiger partial charge in [0.1, 0.15) is 0 Å². The summed E-state index contributed by atoms with van der Waals surface area (Å²) in [4.78, 5) is 0. The van der Waals surface area contributed by atoms with E-state index in [1.54, 1.807) is 0 Å². The van der Waals surface area contributed by atoms with Crippen LogP contribution in [0, 0.1) is 0 Å². The number of aryl methyl sites for hydroxylation is 1. The molecule has 0 bridgehead atoms. The molecular formula is C30H24BrN. The quantitative estimate of drug-likeness (QED) is 0.251. The smallest absolute Gasteiger partial charge is 0.0582 e. The number of halogens is 1. The molecule has 2 heteroatoms. The first-order valence-corrected chi connectivity index (χ1v) is 12.1. The van der Waals surface area contributed by atoms with Crippen LogP contribution >= 0.6 is 15.9 Å². The zero-order valence-electron chi connectivity index (χ0n) is 17.8. The Hall–Kier alpha value is -3.10. The first kappa shape index (κ1) is 19.6. The highest BCUT2D eigenvalue weighted by atomic mass is 79.9. The van der Waals surface area contributed by atoms with Crippen molar-refractivity contribution >= 4 is 43.2 Å². The van der Waals surface area contributed by atoms with Gasteiger partial charge in [0.2, 0.25) is 0 Å². The Morgan fingerprint density at radius 3 is 1.91 bits per heavy atom. The van der Waals surface area contributed by atoms with Gasteiger partial charge >= 0.3 is 0 Å². The SMILES string of the molecule is Brc1ccc(C2Nc3c(c4ccccc4c4ccccc34)CCC2c2ccccc2)cc1. The van der Waals surface area contributed by atoms with E-state index in [-0.39, 0.29) is 6.04 Å². The second-order valence-corrected chi connectivity index (χ2v) is 9.59. The predicted molar refractivity (Wildman–Crippen MR) is 139 cm³/mol. The molecule has 32 heavy (non-hydrogen) atoms. The van der Waals surface area contributed by atoms with Crippen LogP contribution in [0.5, 0.6) is 0 Å². The van der Waals surface area contributed by atoms with Crippen LogP contribution in [0.4, 0.5) is 5.69 Å². The maximum absolute atomic E-state index is 4.06. The molecule has 1 nitrogen and oxygen atoms in total. The summed E-state index contributed by atoms with van der Waals surface area (Å²) in [5, 5.41) is 9.42. The Morgan fingerprint density at radius 2 is 1.19 bits per heavy atom. The van der Waals surface area contributed by atoms with E-state index in [1.165, 1.54) is 43.9 Å². The summed E-state index contributed by atoms with van der Waals surface area (Å²) in [6.07, 6.45) is 2.16. The summed E-state index contributed by atoms with van der Waals surface area (Å²) >= 11 is 3.61. The van der Waals surface area contributed by atoms with E-state index >= 15 is 0 Å². The van der Waals surface area contributed by atoms with Gasteiger partial charge in [0, 0.05) is 21.5 Å². The molecule has 1 aliphatic heterocycles. The molecule has 0 amide bonds. The fraction of sp³-hybridized carbons (Fsp3) is 0.133. The zero-order valence-corrected chi connectivity index (χ0v) is 19.3. The molecule has 156 valence electrons. The van der Waals surface area contributed by atoms with Crippen molar-refractivity contribution in [2.24, 2.45) is 0 Å². The van der Waals surface area contributed by atoms with Gasteiger partial charge < -0.3 is 5.32 Å². The zero-order chi connectivity index (χ0) is 21.5. The lowest BCUT2D eigenvalue weighted by Gasteiger charge is -2.28. The number of rotatable bonds is 2. The lowest BCUT2D eigenvalue weighted by atomic mass is 9.84. The van der Waals surface area contributed by atoms with E-state index in [2.05, 4.69) is 124 Å². The van der Waals surface area contributed by atoms with E-state index in [9.17, 15) is 0 Å². The molecule has 5 aromatic rings. The van der Waals surface area contributed by atoms with Gasteiger partial charge in [-0.05, 0) is 57.8 Å². The molecule has 0 aromatic heterocycles. The van der Waals surface area contributed by atoms with Crippen LogP contribution in [0.15, 0.2) is 108 Å². The first-order valence-electron chi connectivity index (χ1n) is 11.3. The summed E-state index contributed by atoms with van der Waals surface area (Å²) in [7, 11) is 0. The monoisotopic (exact) mass is 477 g/mol. The van der Waals surface area contributed by atoms with Crippen LogP contribution in [0.3, 0.4) is 0 Å². The molecule has 6 rings (SSSR count). The van der Waals surface area contributed by atoms with Gasteiger partial charge in [-0.3, -0.25) is 0 Å². The van der Waals surface area contributed by atoms with E-state index in [1.807, 2.05) is 0 Å². The molecule has 2 unspecified atom stereocenters. The van der Waals surface area contributed by atoms with Gasteiger partial charge in [-0.1, -0.05) is 107 Å². The Labute approximate surface area is 197 Å². The second-order valence-electron chi connectivity index (χ2n) is 8.67. The number of benzene rings is 5. The van der Waals surface area contributed by atoms with Gasteiger partial charge in [0.05, 0.1) is 6.04 Å². The van der Waals surface area contributed by atoms with Crippen LogP contribution in [-0.4, -0.2) is 0 Å². The highest BCUT2D eigenvalue weighted by Gasteiger charge is 2.30. The maximum Gasteiger partial charge on any atom is 0.0582 e. The van der Waals surface area contributed by atoms with Gasteiger partial charge in [-0.25, -0.2) is 0 Å². The van der Waals surface area contributed by atoms with Gasteiger partial charge in [0.15, 0.2) is 0 Å². The Bertz CT molecular complexity index is 1410. The van der Waals surface area contributed by atoms with Crippen LogP contribution in [0.1, 0.15) is 35.1 Å². The van der Waals surface area contributed by atoms with E-state index in [0.29, 0.717) is 5.92 Å². The first-order chi connectivity index (χ1) is 15.8. The Morgan fingerprint density at radius 1 is 0.594 bits per heavy atom. The van der Waals surface area contributed by atoms with Crippen molar-refractivity contribution in [2.45, 2.75) is 24.8 Å². The predicted octanol–water partition coefficient (Wildman–Crippen LogP) is 8.64. The summed E-state index contributed by atoms with van der Waals surface area (Å²) in [5.41, 5.74) is 5.46. The average Bonchev–Trinajstić information content (AvgIpc) is 3.06. The van der Waals surface area contributed by atoms with Gasteiger partial charge in [-0.2, -0.15) is 0 Å². The van der Waals surface area contributed by atoms with Crippen molar-refractivity contribution in [3.63, 3.8) is 0 Å².